The van der Waals surface area contributed by atoms with Gasteiger partial charge in [-0.1, -0.05) is 6.07 Å². The van der Waals surface area contributed by atoms with E-state index >= 15 is 0 Å². The third-order valence-electron chi connectivity index (χ3n) is 5.46. The summed E-state index contributed by atoms with van der Waals surface area (Å²) in [7, 11) is 1.34. The predicted octanol–water partition coefficient (Wildman–Crippen LogP) is 1.92. The maximum atomic E-state index is 13.0. The number of nitrogens with two attached hydrogens (primary N) is 1. The molecule has 3 N–H and O–H groups in total. The number of esters is 1. The number of hydrogen-bond donors (Lipinski definition) is 2. The maximum absolute atomic E-state index is 13.0. The molecule has 0 aromatic heterocycles. The molecule has 3 rings (SSSR count). The van der Waals surface area contributed by atoms with Gasteiger partial charge in [0.05, 0.1) is 7.11 Å². The summed E-state index contributed by atoms with van der Waals surface area (Å²) in [5.41, 5.74) is 6.92. The van der Waals surface area contributed by atoms with E-state index in [2.05, 4.69) is 5.32 Å². The zero-order chi connectivity index (χ0) is 19.4. The van der Waals surface area contributed by atoms with Gasteiger partial charge in [-0.3, -0.25) is 9.59 Å². The summed E-state index contributed by atoms with van der Waals surface area (Å²) in [5.74, 6) is -0.739. The third-order valence-corrected chi connectivity index (χ3v) is 5.46. The average Bonchev–Trinajstić information content (AvgIpc) is 3.13. The normalized spacial score (nSPS) is 25.1. The van der Waals surface area contributed by atoms with Gasteiger partial charge in [0.1, 0.15) is 6.04 Å². The van der Waals surface area contributed by atoms with Crippen molar-refractivity contribution in [3.63, 3.8) is 0 Å². The first-order chi connectivity index (χ1) is 13.0. The molecule has 2 aliphatic rings. The van der Waals surface area contributed by atoms with E-state index in [9.17, 15) is 14.4 Å². The van der Waals surface area contributed by atoms with Gasteiger partial charge in [-0.2, -0.15) is 0 Å². The first kappa shape index (κ1) is 19.4. The Bertz CT molecular complexity index is 721. The minimum Gasteiger partial charge on any atom is -0.467 e. The number of anilines is 1. The first-order valence-corrected chi connectivity index (χ1v) is 9.55. The average molecular weight is 373 g/mol. The van der Waals surface area contributed by atoms with Crippen LogP contribution in [0.1, 0.15) is 48.9 Å². The Morgan fingerprint density at radius 3 is 2.70 bits per heavy atom. The Morgan fingerprint density at radius 1 is 1.19 bits per heavy atom. The number of nitrogens with one attached hydrogen (secondary N) is 1. The van der Waals surface area contributed by atoms with E-state index in [1.54, 1.807) is 29.2 Å². The number of methoxy groups -OCH3 is 1. The molecule has 27 heavy (non-hydrogen) atoms. The molecule has 1 saturated heterocycles. The lowest BCUT2D eigenvalue weighted by atomic mass is 10.0. The zero-order valence-electron chi connectivity index (χ0n) is 15.6. The lowest BCUT2D eigenvalue weighted by molar-refractivity contribution is -0.147. The molecule has 3 atom stereocenters. The number of nitrogens with zero attached hydrogens (tertiary/aromatic N) is 1. The smallest absolute Gasteiger partial charge is 0.328 e. The highest BCUT2D eigenvalue weighted by Gasteiger charge is 2.33. The molecule has 0 bridgehead atoms. The molecule has 0 radical (unpaired) electrons. The lowest BCUT2D eigenvalue weighted by Gasteiger charge is -2.33. The fourth-order valence-corrected chi connectivity index (χ4v) is 3.95. The molecule has 7 nitrogen and oxygen atoms in total. The van der Waals surface area contributed by atoms with Crippen LogP contribution in [-0.4, -0.2) is 48.4 Å². The summed E-state index contributed by atoms with van der Waals surface area (Å²) in [6, 6.07) is 6.40. The van der Waals surface area contributed by atoms with E-state index in [4.69, 9.17) is 10.5 Å². The van der Waals surface area contributed by atoms with E-state index in [1.807, 2.05) is 0 Å². The molecule has 1 aromatic carbocycles. The van der Waals surface area contributed by atoms with Crippen molar-refractivity contribution in [2.45, 2.75) is 50.6 Å². The number of rotatable bonds is 4. The molecule has 7 heteroatoms. The number of amides is 2. The molecule has 1 aromatic rings. The van der Waals surface area contributed by atoms with E-state index < -0.39 is 6.04 Å². The Morgan fingerprint density at radius 2 is 2.00 bits per heavy atom. The second kappa shape index (κ2) is 8.52. The van der Waals surface area contributed by atoms with Crippen molar-refractivity contribution >= 4 is 23.5 Å². The summed E-state index contributed by atoms with van der Waals surface area (Å²) in [5, 5.41) is 2.89. The summed E-state index contributed by atoms with van der Waals surface area (Å²) >= 11 is 0. The number of piperidine rings is 1. The van der Waals surface area contributed by atoms with Gasteiger partial charge >= 0.3 is 5.97 Å². The first-order valence-electron chi connectivity index (χ1n) is 9.55. The number of carbonyl (C=O) groups excluding carboxylic acids is 3. The van der Waals surface area contributed by atoms with Gasteiger partial charge in [0, 0.05) is 29.8 Å². The highest BCUT2D eigenvalue weighted by molar-refractivity contribution is 5.99. The van der Waals surface area contributed by atoms with Gasteiger partial charge in [0.25, 0.3) is 5.91 Å². The van der Waals surface area contributed by atoms with Crippen molar-refractivity contribution in [1.82, 2.24) is 4.90 Å². The molecule has 1 aliphatic carbocycles. The maximum Gasteiger partial charge on any atom is 0.328 e. The summed E-state index contributed by atoms with van der Waals surface area (Å²) in [6.07, 6.45) is 4.71. The number of ether oxygens (including phenoxy) is 1. The van der Waals surface area contributed by atoms with Crippen molar-refractivity contribution in [1.29, 1.82) is 0 Å². The van der Waals surface area contributed by atoms with Gasteiger partial charge in [-0.15, -0.1) is 0 Å². The fourth-order valence-electron chi connectivity index (χ4n) is 3.95. The van der Waals surface area contributed by atoms with Crippen LogP contribution in [0.2, 0.25) is 0 Å². The van der Waals surface area contributed by atoms with Crippen LogP contribution in [0, 0.1) is 5.92 Å². The Kier molecular flexibility index (Phi) is 6.11. The molecule has 1 saturated carbocycles. The number of benzene rings is 1. The van der Waals surface area contributed by atoms with Crippen LogP contribution >= 0.6 is 0 Å². The van der Waals surface area contributed by atoms with Crippen LogP contribution < -0.4 is 11.1 Å². The molecular weight excluding hydrogens is 346 g/mol. The molecule has 3 unspecified atom stereocenters. The van der Waals surface area contributed by atoms with E-state index in [1.165, 1.54) is 7.11 Å². The summed E-state index contributed by atoms with van der Waals surface area (Å²) in [4.78, 5) is 38.9. The van der Waals surface area contributed by atoms with E-state index in [-0.39, 0.29) is 29.7 Å². The summed E-state index contributed by atoms with van der Waals surface area (Å²) in [6.45, 7) is 0.523. The number of hydrogen-bond acceptors (Lipinski definition) is 5. The Labute approximate surface area is 159 Å². The van der Waals surface area contributed by atoms with Gasteiger partial charge < -0.3 is 20.7 Å². The van der Waals surface area contributed by atoms with Gasteiger partial charge in [0.2, 0.25) is 5.91 Å². The van der Waals surface area contributed by atoms with Crippen molar-refractivity contribution in [3.8, 4) is 0 Å². The predicted molar refractivity (Wildman–Crippen MR) is 101 cm³/mol. The van der Waals surface area contributed by atoms with Crippen molar-refractivity contribution in [2.75, 3.05) is 19.0 Å². The SMILES string of the molecule is COC(=O)C1CCCCN1C(=O)c1cccc(NC(=O)C2CCC(N)C2)c1. The highest BCUT2D eigenvalue weighted by atomic mass is 16.5. The third kappa shape index (κ3) is 4.47. The second-order valence-electron chi connectivity index (χ2n) is 7.37. The topological polar surface area (TPSA) is 102 Å². The van der Waals surface area contributed by atoms with Crippen LogP contribution in [-0.2, 0) is 14.3 Å². The molecule has 1 heterocycles. The Hall–Kier alpha value is -2.41. The van der Waals surface area contributed by atoms with Crippen LogP contribution in [0.3, 0.4) is 0 Å². The number of carbonyl (C=O) groups is 3. The van der Waals surface area contributed by atoms with Crippen molar-refractivity contribution < 1.29 is 19.1 Å². The highest BCUT2D eigenvalue weighted by Crippen LogP contribution is 2.26. The Balaban J connectivity index is 1.71. The van der Waals surface area contributed by atoms with E-state index in [0.717, 1.165) is 25.7 Å². The van der Waals surface area contributed by atoms with Crippen LogP contribution in [0.5, 0.6) is 0 Å². The van der Waals surface area contributed by atoms with E-state index in [0.29, 0.717) is 30.6 Å². The fraction of sp³-hybridized carbons (Fsp3) is 0.550. The van der Waals surface area contributed by atoms with Gasteiger partial charge in [-0.05, 0) is 56.7 Å². The lowest BCUT2D eigenvalue weighted by Crippen LogP contribution is -2.48. The minimum absolute atomic E-state index is 0.0574. The second-order valence-corrected chi connectivity index (χ2v) is 7.37. The quantitative estimate of drug-likeness (QED) is 0.785. The largest absolute Gasteiger partial charge is 0.467 e. The molecule has 0 spiro atoms. The van der Waals surface area contributed by atoms with Crippen LogP contribution in [0.15, 0.2) is 24.3 Å². The summed E-state index contributed by atoms with van der Waals surface area (Å²) < 4.78 is 4.85. The van der Waals surface area contributed by atoms with Crippen LogP contribution in [0.4, 0.5) is 5.69 Å². The molecular formula is C20H27N3O4. The molecule has 2 fully saturated rings. The molecule has 2 amide bonds. The number of likely N-dealkylation sites (tertiary alicyclic amines) is 1. The van der Waals surface area contributed by atoms with Crippen LogP contribution in [0.25, 0.3) is 0 Å². The van der Waals surface area contributed by atoms with Gasteiger partial charge in [-0.25, -0.2) is 4.79 Å². The minimum atomic E-state index is -0.547. The standard InChI is InChI=1S/C20H27N3O4/c1-27-20(26)17-7-2-3-10-23(17)19(25)14-5-4-6-16(12-14)22-18(24)13-8-9-15(21)11-13/h4-6,12-13,15,17H,2-3,7-11,21H2,1H3,(H,22,24). The monoisotopic (exact) mass is 373 g/mol. The van der Waals surface area contributed by atoms with Crippen molar-refractivity contribution in [2.24, 2.45) is 11.7 Å². The molecule has 1 aliphatic heterocycles. The molecule has 146 valence electrons. The zero-order valence-corrected chi connectivity index (χ0v) is 15.6. The van der Waals surface area contributed by atoms with Crippen molar-refractivity contribution in [3.05, 3.63) is 29.8 Å². The van der Waals surface area contributed by atoms with Gasteiger partial charge in [0.15, 0.2) is 0 Å².